The molecule has 1 saturated carbocycles. The molecule has 16 heavy (non-hydrogen) atoms. The molecular formula is C13H25NO2. The van der Waals surface area contributed by atoms with E-state index in [1.807, 2.05) is 0 Å². The Labute approximate surface area is 98.4 Å². The Bertz CT molecular complexity index is 252. The lowest BCUT2D eigenvalue weighted by Gasteiger charge is -2.26. The molecule has 0 bridgehead atoms. The molecule has 3 heteroatoms. The van der Waals surface area contributed by atoms with Crippen LogP contribution in [0.15, 0.2) is 0 Å². The van der Waals surface area contributed by atoms with Crippen LogP contribution in [0, 0.1) is 23.2 Å². The van der Waals surface area contributed by atoms with E-state index in [1.165, 1.54) is 0 Å². The smallest absolute Gasteiger partial charge is 0.303 e. The van der Waals surface area contributed by atoms with Crippen molar-refractivity contribution in [1.29, 1.82) is 0 Å². The molecule has 1 fully saturated rings. The Kier molecular flexibility index (Phi) is 4.36. The first-order valence-electron chi connectivity index (χ1n) is 6.36. The topological polar surface area (TPSA) is 63.3 Å². The van der Waals surface area contributed by atoms with Gasteiger partial charge in [0.2, 0.25) is 0 Å². The fourth-order valence-corrected chi connectivity index (χ4v) is 3.39. The summed E-state index contributed by atoms with van der Waals surface area (Å²) in [5, 5.41) is 9.00. The van der Waals surface area contributed by atoms with Gasteiger partial charge in [0.25, 0.3) is 0 Å². The number of carboxylic acid groups (broad SMARTS) is 1. The zero-order valence-electron chi connectivity index (χ0n) is 10.7. The minimum atomic E-state index is -0.704. The van der Waals surface area contributed by atoms with Crippen molar-refractivity contribution >= 4 is 5.97 Å². The number of nitrogens with two attached hydrogens (primary N) is 1. The third kappa shape index (κ3) is 2.76. The minimum Gasteiger partial charge on any atom is -0.481 e. The number of hydrogen-bond acceptors (Lipinski definition) is 2. The Morgan fingerprint density at radius 3 is 2.44 bits per heavy atom. The second-order valence-electron chi connectivity index (χ2n) is 5.76. The van der Waals surface area contributed by atoms with Crippen LogP contribution in [0.1, 0.15) is 46.5 Å². The fourth-order valence-electron chi connectivity index (χ4n) is 3.39. The maximum Gasteiger partial charge on any atom is 0.303 e. The normalized spacial score (nSPS) is 34.6. The number of carboxylic acids is 1. The summed E-state index contributed by atoms with van der Waals surface area (Å²) in [7, 11) is 0. The maximum atomic E-state index is 10.9. The van der Waals surface area contributed by atoms with Gasteiger partial charge < -0.3 is 10.8 Å². The van der Waals surface area contributed by atoms with Gasteiger partial charge in [-0.25, -0.2) is 0 Å². The van der Waals surface area contributed by atoms with Gasteiger partial charge in [-0.1, -0.05) is 27.2 Å². The molecule has 1 aliphatic carbocycles. The lowest BCUT2D eigenvalue weighted by molar-refractivity contribution is -0.139. The fraction of sp³-hybridized carbons (Fsp3) is 0.923. The van der Waals surface area contributed by atoms with Crippen LogP contribution in [0.4, 0.5) is 0 Å². The van der Waals surface area contributed by atoms with Crippen molar-refractivity contribution in [2.45, 2.75) is 46.5 Å². The third-order valence-electron chi connectivity index (χ3n) is 4.31. The first kappa shape index (κ1) is 13.5. The van der Waals surface area contributed by atoms with Crippen molar-refractivity contribution in [1.82, 2.24) is 0 Å². The lowest BCUT2D eigenvalue weighted by atomic mass is 9.80. The van der Waals surface area contributed by atoms with Crippen LogP contribution in [0.2, 0.25) is 0 Å². The Balaban J connectivity index is 2.80. The molecule has 0 aromatic carbocycles. The van der Waals surface area contributed by atoms with E-state index in [1.54, 1.807) is 0 Å². The van der Waals surface area contributed by atoms with Crippen LogP contribution >= 0.6 is 0 Å². The monoisotopic (exact) mass is 227 g/mol. The summed E-state index contributed by atoms with van der Waals surface area (Å²) in [6.07, 6.45) is 3.37. The van der Waals surface area contributed by atoms with Gasteiger partial charge in [-0.3, -0.25) is 4.79 Å². The zero-order chi connectivity index (χ0) is 12.3. The lowest BCUT2D eigenvalue weighted by Crippen LogP contribution is -2.31. The van der Waals surface area contributed by atoms with Crippen molar-refractivity contribution in [2.24, 2.45) is 28.9 Å². The average Bonchev–Trinajstić information content (AvgIpc) is 2.57. The molecule has 3 N–H and O–H groups in total. The molecule has 0 aromatic heterocycles. The summed E-state index contributed by atoms with van der Waals surface area (Å²) in [5.41, 5.74) is 5.70. The van der Waals surface area contributed by atoms with Crippen LogP contribution in [0.5, 0.6) is 0 Å². The van der Waals surface area contributed by atoms with Crippen LogP contribution in [-0.4, -0.2) is 17.6 Å². The second-order valence-corrected chi connectivity index (χ2v) is 5.76. The molecule has 1 rings (SSSR count). The molecule has 0 saturated heterocycles. The van der Waals surface area contributed by atoms with Crippen molar-refractivity contribution in [2.75, 3.05) is 6.54 Å². The van der Waals surface area contributed by atoms with E-state index in [-0.39, 0.29) is 11.8 Å². The van der Waals surface area contributed by atoms with E-state index >= 15 is 0 Å². The molecule has 1 aliphatic rings. The summed E-state index contributed by atoms with van der Waals surface area (Å²) in [5.74, 6) is 1.23. The van der Waals surface area contributed by atoms with Gasteiger partial charge >= 0.3 is 5.97 Å². The van der Waals surface area contributed by atoms with Crippen molar-refractivity contribution in [3.63, 3.8) is 0 Å². The second kappa shape index (κ2) is 5.17. The first-order valence-corrected chi connectivity index (χ1v) is 6.36. The largest absolute Gasteiger partial charge is 0.481 e. The number of aliphatic carboxylic acids is 1. The molecule has 0 heterocycles. The molecule has 0 aliphatic heterocycles. The SMILES string of the molecule is CCC1CC(CN)(CC(=O)O)CC1C(C)C. The minimum absolute atomic E-state index is 0.137. The van der Waals surface area contributed by atoms with E-state index in [0.717, 1.165) is 19.3 Å². The molecule has 0 amide bonds. The predicted molar refractivity (Wildman–Crippen MR) is 65.1 cm³/mol. The summed E-state index contributed by atoms with van der Waals surface area (Å²) >= 11 is 0. The number of hydrogen-bond donors (Lipinski definition) is 2. The van der Waals surface area contributed by atoms with E-state index in [9.17, 15) is 4.79 Å². The van der Waals surface area contributed by atoms with Gasteiger partial charge in [0.1, 0.15) is 0 Å². The Morgan fingerprint density at radius 2 is 2.12 bits per heavy atom. The van der Waals surface area contributed by atoms with Gasteiger partial charge in [0.05, 0.1) is 6.42 Å². The highest BCUT2D eigenvalue weighted by Crippen LogP contribution is 2.51. The van der Waals surface area contributed by atoms with E-state index in [0.29, 0.717) is 24.3 Å². The summed E-state index contributed by atoms with van der Waals surface area (Å²) in [4.78, 5) is 10.9. The maximum absolute atomic E-state index is 10.9. The highest BCUT2D eigenvalue weighted by atomic mass is 16.4. The van der Waals surface area contributed by atoms with Crippen molar-refractivity contribution in [3.05, 3.63) is 0 Å². The van der Waals surface area contributed by atoms with Gasteiger partial charge in [0, 0.05) is 0 Å². The molecule has 0 spiro atoms. The first-order chi connectivity index (χ1) is 7.44. The van der Waals surface area contributed by atoms with Crippen LogP contribution in [0.3, 0.4) is 0 Å². The van der Waals surface area contributed by atoms with Crippen LogP contribution < -0.4 is 5.73 Å². The number of carbonyl (C=O) groups is 1. The predicted octanol–water partition coefficient (Wildman–Crippen LogP) is 2.50. The third-order valence-corrected chi connectivity index (χ3v) is 4.31. The molecule has 3 atom stereocenters. The molecule has 3 unspecified atom stereocenters. The van der Waals surface area contributed by atoms with Gasteiger partial charge in [0.15, 0.2) is 0 Å². The van der Waals surface area contributed by atoms with Gasteiger partial charge in [-0.2, -0.15) is 0 Å². The Hall–Kier alpha value is -0.570. The van der Waals surface area contributed by atoms with Crippen LogP contribution in [0.25, 0.3) is 0 Å². The molecule has 0 aromatic rings. The quantitative estimate of drug-likeness (QED) is 0.758. The molecular weight excluding hydrogens is 202 g/mol. The summed E-state index contributed by atoms with van der Waals surface area (Å²) in [6, 6.07) is 0. The standard InChI is InChI=1S/C13H25NO2/c1-4-10-5-13(8-14,7-12(15)16)6-11(10)9(2)3/h9-11H,4-8,14H2,1-3H3,(H,15,16). The van der Waals surface area contributed by atoms with E-state index < -0.39 is 5.97 Å². The highest BCUT2D eigenvalue weighted by Gasteiger charge is 2.45. The average molecular weight is 227 g/mol. The van der Waals surface area contributed by atoms with Crippen molar-refractivity contribution < 1.29 is 9.90 Å². The molecule has 94 valence electrons. The van der Waals surface area contributed by atoms with Gasteiger partial charge in [-0.15, -0.1) is 0 Å². The number of rotatable bonds is 5. The van der Waals surface area contributed by atoms with E-state index in [2.05, 4.69) is 20.8 Å². The van der Waals surface area contributed by atoms with Gasteiger partial charge in [-0.05, 0) is 42.6 Å². The van der Waals surface area contributed by atoms with E-state index in [4.69, 9.17) is 10.8 Å². The molecule has 0 radical (unpaired) electrons. The van der Waals surface area contributed by atoms with Crippen molar-refractivity contribution in [3.8, 4) is 0 Å². The summed E-state index contributed by atoms with van der Waals surface area (Å²) in [6.45, 7) is 7.19. The summed E-state index contributed by atoms with van der Waals surface area (Å²) < 4.78 is 0. The molecule has 3 nitrogen and oxygen atoms in total. The Morgan fingerprint density at radius 1 is 1.50 bits per heavy atom. The van der Waals surface area contributed by atoms with Crippen LogP contribution in [-0.2, 0) is 4.79 Å². The zero-order valence-corrected chi connectivity index (χ0v) is 10.7. The highest BCUT2D eigenvalue weighted by molar-refractivity contribution is 5.67.